The molecule has 1 aromatic rings. The Balaban J connectivity index is 3.01. The lowest BCUT2D eigenvalue weighted by Gasteiger charge is -2.28. The molecule has 0 aliphatic rings. The maximum Gasteiger partial charge on any atom is 0.147 e. The Hall–Kier alpha value is -0.710. The number of hydrogen-bond donors (Lipinski definition) is 3. The number of nitrogens with one attached hydrogen (secondary N) is 1. The normalized spacial score (nSPS) is 14.6. The van der Waals surface area contributed by atoms with Gasteiger partial charge in [0.25, 0.3) is 0 Å². The van der Waals surface area contributed by atoms with Crippen LogP contribution in [0.25, 0.3) is 0 Å². The number of nitrogen functional groups attached to an aromatic ring is 1. The molecule has 0 amide bonds. The average Bonchev–Trinajstić information content (AvgIpc) is 2.25. The molecule has 1 heterocycles. The van der Waals surface area contributed by atoms with E-state index in [0.717, 1.165) is 6.42 Å². The van der Waals surface area contributed by atoms with Crippen LogP contribution >= 0.6 is 23.2 Å². The van der Waals surface area contributed by atoms with E-state index in [1.807, 2.05) is 13.8 Å². The summed E-state index contributed by atoms with van der Waals surface area (Å²) >= 11 is 11.8. The zero-order chi connectivity index (χ0) is 12.3. The van der Waals surface area contributed by atoms with Crippen LogP contribution in [0.5, 0.6) is 0 Å². The predicted molar refractivity (Wildman–Crippen MR) is 68.1 cm³/mol. The Morgan fingerprint density at radius 2 is 2.12 bits per heavy atom. The second kappa shape index (κ2) is 5.08. The molecule has 0 aliphatic heterocycles. The molecular formula is C10H15Cl2N3O. The first-order chi connectivity index (χ1) is 7.41. The monoisotopic (exact) mass is 263 g/mol. The van der Waals surface area contributed by atoms with E-state index in [2.05, 4.69) is 10.3 Å². The van der Waals surface area contributed by atoms with E-state index in [4.69, 9.17) is 28.9 Å². The quantitative estimate of drug-likeness (QED) is 0.781. The summed E-state index contributed by atoms with van der Waals surface area (Å²) in [6.45, 7) is 3.80. The van der Waals surface area contributed by atoms with Crippen LogP contribution < -0.4 is 11.1 Å². The van der Waals surface area contributed by atoms with Crippen molar-refractivity contribution in [3.63, 3.8) is 0 Å². The third kappa shape index (κ3) is 2.90. The summed E-state index contributed by atoms with van der Waals surface area (Å²) in [6.07, 6.45) is 0.726. The summed E-state index contributed by atoms with van der Waals surface area (Å²) in [6, 6.07) is 1.53. The molecule has 0 aliphatic carbocycles. The average molecular weight is 264 g/mol. The van der Waals surface area contributed by atoms with Crippen LogP contribution in [0.4, 0.5) is 11.6 Å². The number of nitrogens with zero attached hydrogens (tertiary/aromatic N) is 1. The second-order valence-corrected chi connectivity index (χ2v) is 4.70. The van der Waals surface area contributed by atoms with Crippen molar-refractivity contribution in [2.75, 3.05) is 17.7 Å². The molecule has 0 aromatic carbocycles. The van der Waals surface area contributed by atoms with E-state index in [0.29, 0.717) is 15.9 Å². The molecule has 1 rings (SSSR count). The molecule has 0 radical (unpaired) electrons. The van der Waals surface area contributed by atoms with Gasteiger partial charge in [-0.2, -0.15) is 0 Å². The first kappa shape index (κ1) is 13.4. The van der Waals surface area contributed by atoms with Crippen molar-refractivity contribution in [3.8, 4) is 0 Å². The first-order valence-corrected chi connectivity index (χ1v) is 5.68. The smallest absolute Gasteiger partial charge is 0.147 e. The Kier molecular flexibility index (Phi) is 4.24. The largest absolute Gasteiger partial charge is 0.394 e. The summed E-state index contributed by atoms with van der Waals surface area (Å²) in [7, 11) is 0. The van der Waals surface area contributed by atoms with Crippen molar-refractivity contribution in [1.82, 2.24) is 4.98 Å². The number of rotatable bonds is 4. The molecule has 0 bridgehead atoms. The highest BCUT2D eigenvalue weighted by Gasteiger charge is 2.22. The number of nitrogens with two attached hydrogens (primary N) is 1. The summed E-state index contributed by atoms with van der Waals surface area (Å²) in [4.78, 5) is 4.04. The summed E-state index contributed by atoms with van der Waals surface area (Å²) in [5, 5.41) is 13.0. The molecule has 1 aromatic heterocycles. The van der Waals surface area contributed by atoms with E-state index in [9.17, 15) is 5.11 Å². The van der Waals surface area contributed by atoms with Gasteiger partial charge in [0.1, 0.15) is 11.6 Å². The molecule has 4 nitrogen and oxygen atoms in total. The highest BCUT2D eigenvalue weighted by atomic mass is 35.5. The second-order valence-electron chi connectivity index (χ2n) is 3.88. The van der Waals surface area contributed by atoms with Gasteiger partial charge in [-0.05, 0) is 19.4 Å². The number of anilines is 2. The van der Waals surface area contributed by atoms with Crippen molar-refractivity contribution < 1.29 is 5.11 Å². The molecular weight excluding hydrogens is 249 g/mol. The van der Waals surface area contributed by atoms with Gasteiger partial charge >= 0.3 is 0 Å². The maximum atomic E-state index is 9.27. The standard InChI is InChI=1S/C10H15Cl2N3O/c1-3-10(2,5-16)15-9-7(12)4-6(11)8(13)14-9/h4,16H,3,5H2,1-2H3,(H3,13,14,15). The number of hydrogen-bond acceptors (Lipinski definition) is 4. The summed E-state index contributed by atoms with van der Waals surface area (Å²) < 4.78 is 0. The molecule has 90 valence electrons. The highest BCUT2D eigenvalue weighted by Crippen LogP contribution is 2.29. The van der Waals surface area contributed by atoms with Crippen molar-refractivity contribution in [1.29, 1.82) is 0 Å². The Labute approximate surface area is 105 Å². The van der Waals surface area contributed by atoms with Crippen molar-refractivity contribution >= 4 is 34.8 Å². The minimum absolute atomic E-state index is 0.0238. The van der Waals surface area contributed by atoms with E-state index in [1.165, 1.54) is 6.07 Å². The number of aliphatic hydroxyl groups is 1. The fraction of sp³-hybridized carbons (Fsp3) is 0.500. The Bertz CT molecular complexity index is 381. The van der Waals surface area contributed by atoms with Crippen molar-refractivity contribution in [3.05, 3.63) is 16.1 Å². The fourth-order valence-electron chi connectivity index (χ4n) is 1.09. The van der Waals surface area contributed by atoms with Gasteiger partial charge in [-0.25, -0.2) is 4.98 Å². The lowest BCUT2D eigenvalue weighted by molar-refractivity contribution is 0.218. The number of aliphatic hydroxyl groups excluding tert-OH is 1. The highest BCUT2D eigenvalue weighted by molar-refractivity contribution is 6.37. The summed E-state index contributed by atoms with van der Waals surface area (Å²) in [5.41, 5.74) is 5.11. The van der Waals surface area contributed by atoms with E-state index >= 15 is 0 Å². The van der Waals surface area contributed by atoms with Crippen molar-refractivity contribution in [2.24, 2.45) is 0 Å². The third-order valence-electron chi connectivity index (χ3n) is 2.51. The van der Waals surface area contributed by atoms with Crippen molar-refractivity contribution in [2.45, 2.75) is 25.8 Å². The van der Waals surface area contributed by atoms with Gasteiger partial charge in [0.05, 0.1) is 22.2 Å². The van der Waals surface area contributed by atoms with Gasteiger partial charge in [0, 0.05) is 0 Å². The van der Waals surface area contributed by atoms with Gasteiger partial charge in [-0.1, -0.05) is 30.1 Å². The van der Waals surface area contributed by atoms with Crippen LogP contribution in [0, 0.1) is 0 Å². The van der Waals surface area contributed by atoms with E-state index in [-0.39, 0.29) is 12.4 Å². The van der Waals surface area contributed by atoms with E-state index in [1.54, 1.807) is 0 Å². The van der Waals surface area contributed by atoms with Crippen LogP contribution in [0.3, 0.4) is 0 Å². The zero-order valence-electron chi connectivity index (χ0n) is 9.22. The first-order valence-electron chi connectivity index (χ1n) is 4.92. The van der Waals surface area contributed by atoms with Gasteiger partial charge < -0.3 is 16.2 Å². The third-order valence-corrected chi connectivity index (χ3v) is 3.10. The molecule has 6 heteroatoms. The molecule has 1 unspecified atom stereocenters. The predicted octanol–water partition coefficient (Wildman–Crippen LogP) is 2.54. The molecule has 0 saturated heterocycles. The van der Waals surface area contributed by atoms with Gasteiger partial charge in [0.2, 0.25) is 0 Å². The number of aromatic nitrogens is 1. The molecule has 0 saturated carbocycles. The van der Waals surface area contributed by atoms with Crippen LogP contribution in [-0.2, 0) is 0 Å². The minimum Gasteiger partial charge on any atom is -0.394 e. The Morgan fingerprint density at radius 1 is 1.50 bits per heavy atom. The zero-order valence-corrected chi connectivity index (χ0v) is 10.7. The van der Waals surface area contributed by atoms with Crippen LogP contribution in [0.2, 0.25) is 10.0 Å². The molecule has 1 atom stereocenters. The molecule has 4 N–H and O–H groups in total. The topological polar surface area (TPSA) is 71.2 Å². The molecule has 16 heavy (non-hydrogen) atoms. The van der Waals surface area contributed by atoms with Gasteiger partial charge in [-0.15, -0.1) is 0 Å². The lowest BCUT2D eigenvalue weighted by Crippen LogP contribution is -2.38. The molecule has 0 spiro atoms. The minimum atomic E-state index is -0.475. The SMILES string of the molecule is CCC(C)(CO)Nc1nc(N)c(Cl)cc1Cl. The lowest BCUT2D eigenvalue weighted by atomic mass is 10.0. The number of pyridine rings is 1. The van der Waals surface area contributed by atoms with Gasteiger partial charge in [-0.3, -0.25) is 0 Å². The number of halogens is 2. The fourth-order valence-corrected chi connectivity index (χ4v) is 1.50. The van der Waals surface area contributed by atoms with Crippen LogP contribution in [-0.4, -0.2) is 22.2 Å². The van der Waals surface area contributed by atoms with Gasteiger partial charge in [0.15, 0.2) is 0 Å². The maximum absolute atomic E-state index is 9.27. The summed E-state index contributed by atoms with van der Waals surface area (Å²) in [5.74, 6) is 0.645. The molecule has 0 fully saturated rings. The van der Waals surface area contributed by atoms with E-state index < -0.39 is 5.54 Å². The Morgan fingerprint density at radius 3 is 2.62 bits per heavy atom. The van der Waals surface area contributed by atoms with Crippen LogP contribution in [0.15, 0.2) is 6.07 Å². The van der Waals surface area contributed by atoms with Crippen LogP contribution in [0.1, 0.15) is 20.3 Å².